The zero-order valence-electron chi connectivity index (χ0n) is 23.0. The molecule has 5 fully saturated rings. The maximum absolute atomic E-state index is 5.86. The first-order valence-electron chi connectivity index (χ1n) is 13.9. The Morgan fingerprint density at radius 3 is 1.23 bits per heavy atom. The predicted octanol–water partition coefficient (Wildman–Crippen LogP) is 10.1. The quantitative estimate of drug-likeness (QED) is 0.198. The fraction of sp³-hybridized carbons (Fsp3) is 1.00. The van der Waals surface area contributed by atoms with Crippen LogP contribution in [-0.4, -0.2) is 92.9 Å². The molecule has 0 radical (unpaired) electrons. The Hall–Kier alpha value is 3.64. The lowest BCUT2D eigenvalue weighted by atomic mass is 10.1. The summed E-state index contributed by atoms with van der Waals surface area (Å²) in [6, 6.07) is -1.68. The van der Waals surface area contributed by atoms with Crippen molar-refractivity contribution < 1.29 is 0 Å². The minimum absolute atomic E-state index is 0.710. The van der Waals surface area contributed by atoms with Crippen molar-refractivity contribution in [2.24, 2.45) is 0 Å². The van der Waals surface area contributed by atoms with Gasteiger partial charge < -0.3 is 0 Å². The predicted molar refractivity (Wildman–Crippen MR) is 196 cm³/mol. The van der Waals surface area contributed by atoms with E-state index in [1.54, 1.807) is 0 Å². The van der Waals surface area contributed by atoms with Crippen molar-refractivity contribution >= 4 is 91.8 Å². The van der Waals surface area contributed by atoms with Gasteiger partial charge in [0.05, 0.1) is 63.5 Å². The Morgan fingerprint density at radius 1 is 0.571 bits per heavy atom. The molecule has 0 spiro atoms. The van der Waals surface area contributed by atoms with Crippen LogP contribution < -0.4 is 0 Å². The van der Waals surface area contributed by atoms with Crippen LogP contribution in [0.3, 0.4) is 0 Å². The molecule has 10 heteroatoms. The SMILES string of the molecule is CP1(=S)CCCC1.C[P+]1(S)CCC[C@@H]1[C@H]1CCC[P+]1(C)S.C[P@]1(=S)CCC[C@H]1[C@H]1CCC[P+]1(C)S. The first kappa shape index (κ1) is 33.1. The Morgan fingerprint density at radius 2 is 0.971 bits per heavy atom. The van der Waals surface area contributed by atoms with Gasteiger partial charge in [-0.05, 0) is 108 Å². The molecule has 0 aromatic carbocycles. The van der Waals surface area contributed by atoms with Gasteiger partial charge in [0, 0.05) is 42.4 Å². The summed E-state index contributed by atoms with van der Waals surface area (Å²) < 4.78 is 0. The van der Waals surface area contributed by atoms with Crippen molar-refractivity contribution in [1.29, 1.82) is 0 Å². The lowest BCUT2D eigenvalue weighted by molar-refractivity contribution is 0.695. The van der Waals surface area contributed by atoms with E-state index in [0.717, 1.165) is 22.6 Å². The fourth-order valence-corrected chi connectivity index (χ4v) is 31.0. The number of hydrogen-bond acceptors (Lipinski definition) is 5. The molecule has 5 heterocycles. The second-order valence-corrected chi connectivity index (χ2v) is 43.9. The van der Waals surface area contributed by atoms with Crippen molar-refractivity contribution in [1.82, 2.24) is 0 Å². The van der Waals surface area contributed by atoms with Crippen molar-refractivity contribution in [2.45, 2.75) is 86.8 Å². The van der Waals surface area contributed by atoms with Crippen LogP contribution in [0.4, 0.5) is 0 Å². The molecule has 0 amide bonds. The summed E-state index contributed by atoms with van der Waals surface area (Å²) >= 11 is 26.1. The van der Waals surface area contributed by atoms with Crippen LogP contribution in [0.1, 0.15) is 64.2 Å². The molecule has 0 aliphatic carbocycles. The zero-order valence-corrected chi connectivity index (χ0v) is 31.8. The van der Waals surface area contributed by atoms with Gasteiger partial charge in [0.25, 0.3) is 0 Å². The van der Waals surface area contributed by atoms with E-state index in [9.17, 15) is 0 Å². The molecule has 206 valence electrons. The average Bonchev–Trinajstić information content (AvgIpc) is 3.51. The van der Waals surface area contributed by atoms with Gasteiger partial charge in [-0.2, -0.15) is 0 Å². The van der Waals surface area contributed by atoms with Crippen LogP contribution in [-0.2, 0) is 23.6 Å². The summed E-state index contributed by atoms with van der Waals surface area (Å²) in [7, 11) is 0. The Labute approximate surface area is 247 Å². The summed E-state index contributed by atoms with van der Waals surface area (Å²) in [6.07, 6.45) is 22.7. The van der Waals surface area contributed by atoms with Gasteiger partial charge in [0.1, 0.15) is 11.3 Å². The standard InChI is InChI=1S/C10H22P2S2.C10H21P2S2.C5H11PS/c2*1-11(13)7-3-5-9(11)10-6-4-8-12(10,2)14;1-6(7)4-2-3-5-6/h9-10,13-14H,3-8H2,1-2H3;9-10,13H,3-8H2,1-2H3;2-5H2,1H3/q+2;+1;/t9-,10-,11?,12?;9-,10+,11?,12+;/m11./s1. The third kappa shape index (κ3) is 9.06. The molecule has 5 aliphatic heterocycles. The molecule has 0 bridgehead atoms. The lowest BCUT2D eigenvalue weighted by Crippen LogP contribution is -2.22. The molecule has 5 aliphatic rings. The van der Waals surface area contributed by atoms with Gasteiger partial charge in [0.2, 0.25) is 0 Å². The van der Waals surface area contributed by atoms with Gasteiger partial charge in [-0.15, -0.1) is 0 Å². The minimum Gasteiger partial charge on any atom is -0.0978 e. The van der Waals surface area contributed by atoms with Gasteiger partial charge in [0.15, 0.2) is 0 Å². The van der Waals surface area contributed by atoms with E-state index in [4.69, 9.17) is 60.4 Å². The van der Waals surface area contributed by atoms with Crippen molar-refractivity contribution in [3.63, 3.8) is 0 Å². The van der Waals surface area contributed by atoms with E-state index in [2.05, 4.69) is 33.3 Å². The maximum atomic E-state index is 5.86. The summed E-state index contributed by atoms with van der Waals surface area (Å²) in [5, 5.41) is 0. The van der Waals surface area contributed by atoms with Gasteiger partial charge in [-0.3, -0.25) is 0 Å². The van der Waals surface area contributed by atoms with Crippen LogP contribution in [0.25, 0.3) is 0 Å². The second-order valence-electron chi connectivity index (χ2n) is 13.0. The highest BCUT2D eigenvalue weighted by atomic mass is 32.7. The summed E-state index contributed by atoms with van der Waals surface area (Å²) in [5.41, 5.74) is 3.77. The molecule has 0 saturated carbocycles. The summed E-state index contributed by atoms with van der Waals surface area (Å²) in [6.45, 7) is 9.46. The highest BCUT2D eigenvalue weighted by Crippen LogP contribution is 2.80. The van der Waals surface area contributed by atoms with E-state index in [-0.39, 0.29) is 0 Å². The minimum atomic E-state index is -0.970. The topological polar surface area (TPSA) is 0 Å². The van der Waals surface area contributed by atoms with Crippen LogP contribution >= 0.6 is 68.2 Å². The van der Waals surface area contributed by atoms with E-state index < -0.39 is 31.5 Å². The van der Waals surface area contributed by atoms with E-state index in [1.165, 1.54) is 101 Å². The number of thiol groups is 3. The normalized spacial score (nSPS) is 48.8. The number of rotatable bonds is 2. The molecule has 0 aromatic heterocycles. The third-order valence-corrected chi connectivity index (χ3v) is 32.6. The molecule has 5 saturated heterocycles. The monoisotopic (exact) mass is 669 g/mol. The van der Waals surface area contributed by atoms with Crippen LogP contribution in [0, 0.1) is 0 Å². The highest BCUT2D eigenvalue weighted by molar-refractivity contribution is 8.55. The smallest absolute Gasteiger partial charge is 0.0978 e. The Kier molecular flexibility index (Phi) is 12.6. The van der Waals surface area contributed by atoms with Crippen LogP contribution in [0.15, 0.2) is 0 Å². The zero-order chi connectivity index (χ0) is 26.1. The molecule has 8 atom stereocenters. The van der Waals surface area contributed by atoms with Gasteiger partial charge in [-0.25, -0.2) is 0 Å². The molecule has 5 rings (SSSR count). The van der Waals surface area contributed by atoms with E-state index >= 15 is 0 Å². The summed E-state index contributed by atoms with van der Waals surface area (Å²) in [5.74, 6) is 0. The van der Waals surface area contributed by atoms with Crippen LogP contribution in [0.2, 0.25) is 0 Å². The number of hydrogen-bond donors (Lipinski definition) is 3. The maximum Gasteiger partial charge on any atom is 0.117 e. The van der Waals surface area contributed by atoms with Gasteiger partial charge in [-0.1, -0.05) is 23.6 Å². The fourth-order valence-electron chi connectivity index (χ4n) is 7.50. The molecule has 3 unspecified atom stereocenters. The largest absolute Gasteiger partial charge is 0.117 e. The molecule has 35 heavy (non-hydrogen) atoms. The molecule has 0 N–H and O–H groups in total. The van der Waals surface area contributed by atoms with Crippen molar-refractivity contribution in [3.8, 4) is 0 Å². The van der Waals surface area contributed by atoms with Crippen molar-refractivity contribution in [3.05, 3.63) is 0 Å². The average molecular weight is 670 g/mol. The Bertz CT molecular complexity index is 780. The molecule has 0 aromatic rings. The molecular weight excluding hydrogens is 615 g/mol. The molecule has 0 nitrogen and oxygen atoms in total. The summed E-state index contributed by atoms with van der Waals surface area (Å²) in [4.78, 5) is 0. The third-order valence-electron chi connectivity index (χ3n) is 9.68. The van der Waals surface area contributed by atoms with E-state index in [1.807, 2.05) is 0 Å². The Balaban J connectivity index is 0.000000155. The van der Waals surface area contributed by atoms with Gasteiger partial charge >= 0.3 is 0 Å². The van der Waals surface area contributed by atoms with E-state index in [0.29, 0.717) is 0 Å². The van der Waals surface area contributed by atoms with Crippen LogP contribution in [0.5, 0.6) is 0 Å². The van der Waals surface area contributed by atoms with Crippen molar-refractivity contribution in [2.75, 3.05) is 70.3 Å². The first-order valence-corrected chi connectivity index (χ1v) is 32.0. The lowest BCUT2D eigenvalue weighted by Gasteiger charge is -2.29. The molecular formula is C25H54P5S5+3. The first-order chi connectivity index (χ1) is 16.1. The second kappa shape index (κ2) is 13.3. The highest BCUT2D eigenvalue weighted by Gasteiger charge is 2.58.